The van der Waals surface area contributed by atoms with Crippen molar-refractivity contribution in [1.82, 2.24) is 15.0 Å². The zero-order chi connectivity index (χ0) is 22.8. The molecule has 0 amide bonds. The predicted octanol–water partition coefficient (Wildman–Crippen LogP) is 5.12. The molecule has 3 aromatic rings. The fourth-order valence-corrected chi connectivity index (χ4v) is 2.48. The SMILES string of the molecule is Cc1ccc(Nc2nc(N)nc(COc3cc(C(F)(F)F)cc(C(F)(F)F)c3)n2)cc1. The number of ether oxygens (including phenoxy) is 1. The van der Waals surface area contributed by atoms with E-state index in [9.17, 15) is 26.3 Å². The molecule has 3 N–H and O–H groups in total. The molecule has 0 aliphatic rings. The lowest BCUT2D eigenvalue weighted by molar-refractivity contribution is -0.143. The number of aryl methyl sites for hydroxylation is 1. The molecule has 0 spiro atoms. The topological polar surface area (TPSA) is 86.0 Å². The molecule has 0 saturated carbocycles. The molecular weight excluding hydrogens is 428 g/mol. The highest BCUT2D eigenvalue weighted by atomic mass is 19.4. The standard InChI is InChI=1S/C19H15F6N5O/c1-10-2-4-13(5-3-10)27-17-29-15(28-16(26)30-17)9-31-14-7-11(18(20,21)22)6-12(8-14)19(23,24)25/h2-8H,9H2,1H3,(H3,26,27,28,29,30). The minimum absolute atomic E-state index is 0.0113. The van der Waals surface area contributed by atoms with Gasteiger partial charge in [0.15, 0.2) is 5.82 Å². The molecule has 0 atom stereocenters. The van der Waals surface area contributed by atoms with Crippen LogP contribution in [0.15, 0.2) is 42.5 Å². The summed E-state index contributed by atoms with van der Waals surface area (Å²) in [6.45, 7) is 1.37. The molecule has 0 radical (unpaired) electrons. The fraction of sp³-hybridized carbons (Fsp3) is 0.211. The van der Waals surface area contributed by atoms with E-state index in [1.54, 1.807) is 12.1 Å². The van der Waals surface area contributed by atoms with Crippen LogP contribution in [-0.4, -0.2) is 15.0 Å². The molecule has 6 nitrogen and oxygen atoms in total. The van der Waals surface area contributed by atoms with Crippen LogP contribution in [0.3, 0.4) is 0 Å². The Bertz CT molecular complexity index is 1030. The van der Waals surface area contributed by atoms with Crippen molar-refractivity contribution < 1.29 is 31.1 Å². The summed E-state index contributed by atoms with van der Waals surface area (Å²) < 4.78 is 82.8. The van der Waals surface area contributed by atoms with Crippen LogP contribution in [0.5, 0.6) is 5.75 Å². The smallest absolute Gasteiger partial charge is 0.416 e. The minimum Gasteiger partial charge on any atom is -0.486 e. The van der Waals surface area contributed by atoms with E-state index in [4.69, 9.17) is 10.5 Å². The summed E-state index contributed by atoms with van der Waals surface area (Å²) in [4.78, 5) is 11.7. The van der Waals surface area contributed by atoms with Crippen molar-refractivity contribution in [3.8, 4) is 5.75 Å². The first kappa shape index (κ1) is 22.1. The summed E-state index contributed by atoms with van der Waals surface area (Å²) in [5.74, 6) is -0.902. The molecule has 0 unspecified atom stereocenters. The van der Waals surface area contributed by atoms with Crippen molar-refractivity contribution in [1.29, 1.82) is 0 Å². The summed E-state index contributed by atoms with van der Waals surface area (Å²) in [5.41, 5.74) is 4.29. The van der Waals surface area contributed by atoms with Crippen LogP contribution in [0.1, 0.15) is 22.5 Å². The maximum Gasteiger partial charge on any atom is 0.416 e. The van der Waals surface area contributed by atoms with Crippen molar-refractivity contribution in [2.24, 2.45) is 0 Å². The summed E-state index contributed by atoms with van der Waals surface area (Å²) >= 11 is 0. The number of nitrogens with zero attached hydrogens (tertiary/aromatic N) is 3. The molecule has 0 aliphatic carbocycles. The first-order chi connectivity index (χ1) is 14.4. The average molecular weight is 443 g/mol. The number of nitrogens with two attached hydrogens (primary N) is 1. The molecule has 0 fully saturated rings. The predicted molar refractivity (Wildman–Crippen MR) is 99.5 cm³/mol. The van der Waals surface area contributed by atoms with Crippen LogP contribution in [0.2, 0.25) is 0 Å². The Hall–Kier alpha value is -3.57. The lowest BCUT2D eigenvalue weighted by Crippen LogP contribution is -2.12. The molecule has 0 bridgehead atoms. The van der Waals surface area contributed by atoms with E-state index in [0.717, 1.165) is 5.56 Å². The van der Waals surface area contributed by atoms with Crippen LogP contribution in [0, 0.1) is 6.92 Å². The van der Waals surface area contributed by atoms with E-state index in [1.807, 2.05) is 19.1 Å². The lowest BCUT2D eigenvalue weighted by atomic mass is 10.1. The summed E-state index contributed by atoms with van der Waals surface area (Å²) in [7, 11) is 0. The number of anilines is 3. The fourth-order valence-electron chi connectivity index (χ4n) is 2.48. The first-order valence-corrected chi connectivity index (χ1v) is 8.66. The van der Waals surface area contributed by atoms with Gasteiger partial charge in [-0.05, 0) is 37.3 Å². The Kier molecular flexibility index (Phi) is 5.91. The molecule has 164 valence electrons. The van der Waals surface area contributed by atoms with Gasteiger partial charge in [-0.25, -0.2) is 0 Å². The van der Waals surface area contributed by atoms with Crippen LogP contribution in [0.4, 0.5) is 43.9 Å². The number of hydrogen-bond donors (Lipinski definition) is 2. The van der Waals surface area contributed by atoms with Crippen LogP contribution in [-0.2, 0) is 19.0 Å². The molecule has 3 rings (SSSR count). The summed E-state index contributed by atoms with van der Waals surface area (Å²) in [5, 5.41) is 2.87. The molecular formula is C19H15F6N5O. The van der Waals surface area contributed by atoms with Gasteiger partial charge in [-0.2, -0.15) is 41.3 Å². The maximum absolute atomic E-state index is 13.0. The van der Waals surface area contributed by atoms with Crippen molar-refractivity contribution in [3.05, 3.63) is 65.0 Å². The molecule has 31 heavy (non-hydrogen) atoms. The van der Waals surface area contributed by atoms with E-state index in [2.05, 4.69) is 20.3 Å². The molecule has 2 aromatic carbocycles. The number of aromatic nitrogens is 3. The minimum atomic E-state index is -4.98. The first-order valence-electron chi connectivity index (χ1n) is 8.66. The zero-order valence-corrected chi connectivity index (χ0v) is 15.8. The Morgan fingerprint density at radius 2 is 1.45 bits per heavy atom. The largest absolute Gasteiger partial charge is 0.486 e. The lowest BCUT2D eigenvalue weighted by Gasteiger charge is -2.14. The van der Waals surface area contributed by atoms with Crippen molar-refractivity contribution in [2.45, 2.75) is 25.9 Å². The van der Waals surface area contributed by atoms with Crippen molar-refractivity contribution >= 4 is 17.6 Å². The Labute approximate surface area is 172 Å². The number of nitrogen functional groups attached to an aromatic ring is 1. The van der Waals surface area contributed by atoms with E-state index in [1.165, 1.54) is 0 Å². The van der Waals surface area contributed by atoms with Gasteiger partial charge in [0.2, 0.25) is 11.9 Å². The third kappa shape index (κ3) is 5.96. The van der Waals surface area contributed by atoms with Gasteiger partial charge < -0.3 is 15.8 Å². The molecule has 0 aliphatic heterocycles. The second-order valence-corrected chi connectivity index (χ2v) is 6.45. The van der Waals surface area contributed by atoms with Crippen molar-refractivity contribution in [3.63, 3.8) is 0 Å². The molecule has 12 heteroatoms. The average Bonchev–Trinajstić information content (AvgIpc) is 2.66. The quantitative estimate of drug-likeness (QED) is 0.533. The molecule has 1 aromatic heterocycles. The highest BCUT2D eigenvalue weighted by Crippen LogP contribution is 2.38. The number of benzene rings is 2. The van der Waals surface area contributed by atoms with Crippen molar-refractivity contribution in [2.75, 3.05) is 11.1 Å². The number of rotatable bonds is 5. The zero-order valence-electron chi connectivity index (χ0n) is 15.8. The second kappa shape index (κ2) is 8.28. The van der Waals surface area contributed by atoms with Gasteiger partial charge >= 0.3 is 12.4 Å². The van der Waals surface area contributed by atoms with E-state index in [-0.39, 0.29) is 23.8 Å². The molecule has 0 saturated heterocycles. The number of alkyl halides is 6. The van der Waals surface area contributed by atoms with Crippen LogP contribution >= 0.6 is 0 Å². The van der Waals surface area contributed by atoms with Gasteiger partial charge in [-0.3, -0.25) is 0 Å². The number of nitrogens with one attached hydrogen (secondary N) is 1. The third-order valence-corrected chi connectivity index (χ3v) is 3.94. The Morgan fingerprint density at radius 3 is 2.00 bits per heavy atom. The highest BCUT2D eigenvalue weighted by Gasteiger charge is 2.37. The highest BCUT2D eigenvalue weighted by molar-refractivity contribution is 5.54. The van der Waals surface area contributed by atoms with Crippen LogP contribution in [0.25, 0.3) is 0 Å². The molecule has 1 heterocycles. The van der Waals surface area contributed by atoms with E-state index >= 15 is 0 Å². The van der Waals surface area contributed by atoms with E-state index in [0.29, 0.717) is 17.8 Å². The van der Waals surface area contributed by atoms with E-state index < -0.39 is 35.8 Å². The Morgan fingerprint density at radius 1 is 0.871 bits per heavy atom. The third-order valence-electron chi connectivity index (χ3n) is 3.94. The second-order valence-electron chi connectivity index (χ2n) is 6.45. The summed E-state index contributed by atoms with van der Waals surface area (Å²) in [6.07, 6.45) is -9.97. The van der Waals surface area contributed by atoms with Gasteiger partial charge in [0.05, 0.1) is 11.1 Å². The Balaban J connectivity index is 1.82. The van der Waals surface area contributed by atoms with Gasteiger partial charge in [-0.15, -0.1) is 0 Å². The summed E-state index contributed by atoms with van der Waals surface area (Å²) in [6, 6.07) is 8.12. The van der Waals surface area contributed by atoms with Crippen LogP contribution < -0.4 is 15.8 Å². The van der Waals surface area contributed by atoms with Gasteiger partial charge in [-0.1, -0.05) is 17.7 Å². The maximum atomic E-state index is 13.0. The van der Waals surface area contributed by atoms with Gasteiger partial charge in [0.1, 0.15) is 12.4 Å². The number of halogens is 6. The van der Waals surface area contributed by atoms with Gasteiger partial charge in [0, 0.05) is 5.69 Å². The van der Waals surface area contributed by atoms with Gasteiger partial charge in [0.25, 0.3) is 0 Å². The number of hydrogen-bond acceptors (Lipinski definition) is 6. The monoisotopic (exact) mass is 443 g/mol. The normalized spacial score (nSPS) is 12.0.